The number of allylic oxidation sites excluding steroid dienone is 2. The first kappa shape index (κ1) is 6.13. The first-order valence-corrected chi connectivity index (χ1v) is 3.64. The van der Waals surface area contributed by atoms with E-state index < -0.39 is 0 Å². The Morgan fingerprint density at radius 3 is 2.88 bits per heavy atom. The molecule has 0 fully saturated rings. The predicted octanol–water partition coefficient (Wildman–Crippen LogP) is 1.81. The molecule has 1 nitrogen and oxygen atoms in total. The molecule has 0 aliphatic carbocycles. The van der Waals surface area contributed by atoms with E-state index in [1.54, 1.807) is 0 Å². The minimum atomic E-state index is 1.01. The molecule has 0 spiro atoms. The van der Waals surface area contributed by atoms with Gasteiger partial charge in [0.1, 0.15) is 0 Å². The highest BCUT2D eigenvalue weighted by Crippen LogP contribution is 2.15. The van der Waals surface area contributed by atoms with Crippen molar-refractivity contribution in [3.63, 3.8) is 0 Å². The lowest BCUT2D eigenvalue weighted by atomic mass is 10.2. The third kappa shape index (κ3) is 1.24. The van der Waals surface area contributed by atoms with Crippen LogP contribution in [-0.2, 0) is 0 Å². The van der Waals surface area contributed by atoms with Crippen LogP contribution in [0.25, 0.3) is 0 Å². The lowest BCUT2D eigenvalue weighted by Crippen LogP contribution is -2.11. The van der Waals surface area contributed by atoms with Gasteiger partial charge in [0, 0.05) is 10.1 Å². The van der Waals surface area contributed by atoms with Gasteiger partial charge in [-0.1, -0.05) is 0 Å². The highest BCUT2D eigenvalue weighted by molar-refractivity contribution is 14.1. The van der Waals surface area contributed by atoms with Gasteiger partial charge in [0.25, 0.3) is 0 Å². The second kappa shape index (κ2) is 2.53. The van der Waals surface area contributed by atoms with E-state index >= 15 is 0 Å². The van der Waals surface area contributed by atoms with Crippen LogP contribution in [0.2, 0.25) is 0 Å². The summed E-state index contributed by atoms with van der Waals surface area (Å²) < 4.78 is 1.36. The second-order valence-corrected chi connectivity index (χ2v) is 3.00. The summed E-state index contributed by atoms with van der Waals surface area (Å²) in [6, 6.07) is 0. The zero-order valence-corrected chi connectivity index (χ0v) is 6.90. The number of nitrogens with one attached hydrogen (secondary N) is 1. The molecule has 0 saturated carbocycles. The molecule has 0 saturated heterocycles. The molecule has 8 heavy (non-hydrogen) atoms. The fourth-order valence-corrected chi connectivity index (χ4v) is 0.941. The summed E-state index contributed by atoms with van der Waals surface area (Å²) in [7, 11) is 0. The molecule has 1 heterocycles. The van der Waals surface area contributed by atoms with Crippen molar-refractivity contribution in [1.29, 1.82) is 0 Å². The monoisotopic (exact) mass is 221 g/mol. The van der Waals surface area contributed by atoms with Crippen LogP contribution in [0.1, 0.15) is 6.92 Å². The molecule has 0 aromatic heterocycles. The predicted molar refractivity (Wildman–Crippen MR) is 43.9 cm³/mol. The Kier molecular flexibility index (Phi) is 1.94. The lowest BCUT2D eigenvalue weighted by molar-refractivity contribution is 0.919. The molecule has 0 radical (unpaired) electrons. The van der Waals surface area contributed by atoms with Crippen LogP contribution < -0.4 is 5.32 Å². The molecular weight excluding hydrogens is 213 g/mol. The molecule has 1 aliphatic heterocycles. The summed E-state index contributed by atoms with van der Waals surface area (Å²) in [5.74, 6) is 0. The number of hydrogen-bond donors (Lipinski definition) is 1. The SMILES string of the molecule is CC1=C(I)C=CNC1. The third-order valence-electron chi connectivity index (χ3n) is 1.12. The van der Waals surface area contributed by atoms with E-state index in [1.807, 2.05) is 6.20 Å². The summed E-state index contributed by atoms with van der Waals surface area (Å²) >= 11 is 2.34. The third-order valence-corrected chi connectivity index (χ3v) is 2.40. The van der Waals surface area contributed by atoms with E-state index in [2.05, 4.69) is 40.9 Å². The highest BCUT2D eigenvalue weighted by atomic mass is 127. The van der Waals surface area contributed by atoms with Gasteiger partial charge in [-0.15, -0.1) is 0 Å². The van der Waals surface area contributed by atoms with Crippen molar-refractivity contribution in [3.05, 3.63) is 21.4 Å². The van der Waals surface area contributed by atoms with Gasteiger partial charge in [-0.25, -0.2) is 0 Å². The van der Waals surface area contributed by atoms with Crippen molar-refractivity contribution in [2.75, 3.05) is 6.54 Å². The Morgan fingerprint density at radius 1 is 1.75 bits per heavy atom. The molecule has 0 aromatic rings. The van der Waals surface area contributed by atoms with Crippen molar-refractivity contribution < 1.29 is 0 Å². The topological polar surface area (TPSA) is 12.0 Å². The van der Waals surface area contributed by atoms with Gasteiger partial charge in [0.05, 0.1) is 0 Å². The maximum atomic E-state index is 3.12. The molecule has 0 amide bonds. The molecule has 44 valence electrons. The smallest absolute Gasteiger partial charge is 0.0365 e. The first-order chi connectivity index (χ1) is 3.80. The standard InChI is InChI=1S/C6H8IN/c1-5-4-8-3-2-6(5)7/h2-3,8H,4H2,1H3. The minimum absolute atomic E-state index is 1.01. The Balaban J connectivity index is 2.76. The summed E-state index contributed by atoms with van der Waals surface area (Å²) in [6.45, 7) is 3.15. The highest BCUT2D eigenvalue weighted by Gasteiger charge is 1.96. The van der Waals surface area contributed by atoms with E-state index in [1.165, 1.54) is 9.15 Å². The van der Waals surface area contributed by atoms with E-state index in [0.717, 1.165) is 6.54 Å². The van der Waals surface area contributed by atoms with Crippen molar-refractivity contribution in [2.45, 2.75) is 6.92 Å². The second-order valence-electron chi connectivity index (χ2n) is 1.84. The molecule has 0 unspecified atom stereocenters. The number of hydrogen-bond acceptors (Lipinski definition) is 1. The summed E-state index contributed by atoms with van der Waals surface area (Å²) in [5, 5.41) is 3.12. The van der Waals surface area contributed by atoms with Gasteiger partial charge in [-0.05, 0) is 47.4 Å². The fourth-order valence-electron chi connectivity index (χ4n) is 0.571. The van der Waals surface area contributed by atoms with Crippen LogP contribution in [0.5, 0.6) is 0 Å². The van der Waals surface area contributed by atoms with E-state index in [9.17, 15) is 0 Å². The Bertz CT molecular complexity index is 147. The zero-order chi connectivity index (χ0) is 5.98. The Hall–Kier alpha value is 0.01000. The molecule has 1 rings (SSSR count). The molecule has 1 aliphatic rings. The normalized spacial score (nSPS) is 18.8. The molecule has 0 bridgehead atoms. The zero-order valence-electron chi connectivity index (χ0n) is 4.74. The van der Waals surface area contributed by atoms with Crippen molar-refractivity contribution in [2.24, 2.45) is 0 Å². The van der Waals surface area contributed by atoms with Crippen molar-refractivity contribution in [3.8, 4) is 0 Å². The van der Waals surface area contributed by atoms with Crippen molar-refractivity contribution >= 4 is 22.6 Å². The maximum absolute atomic E-state index is 3.12. The molecule has 0 aromatic carbocycles. The summed E-state index contributed by atoms with van der Waals surface area (Å²) in [5.41, 5.74) is 1.42. The van der Waals surface area contributed by atoms with Crippen LogP contribution in [0, 0.1) is 0 Å². The Labute approximate surface area is 63.0 Å². The average Bonchev–Trinajstić information content (AvgIpc) is 1.77. The Morgan fingerprint density at radius 2 is 2.50 bits per heavy atom. The summed E-state index contributed by atoms with van der Waals surface area (Å²) in [4.78, 5) is 0. The van der Waals surface area contributed by atoms with Crippen LogP contribution in [0.3, 0.4) is 0 Å². The van der Waals surface area contributed by atoms with Crippen LogP contribution in [0.4, 0.5) is 0 Å². The van der Waals surface area contributed by atoms with Crippen LogP contribution in [-0.4, -0.2) is 6.54 Å². The van der Waals surface area contributed by atoms with Gasteiger partial charge < -0.3 is 5.32 Å². The van der Waals surface area contributed by atoms with E-state index in [4.69, 9.17) is 0 Å². The number of halogens is 1. The largest absolute Gasteiger partial charge is 0.387 e. The fraction of sp³-hybridized carbons (Fsp3) is 0.333. The first-order valence-electron chi connectivity index (χ1n) is 2.56. The van der Waals surface area contributed by atoms with E-state index in [-0.39, 0.29) is 0 Å². The number of rotatable bonds is 0. The maximum Gasteiger partial charge on any atom is 0.0365 e. The average molecular weight is 221 g/mol. The van der Waals surface area contributed by atoms with Gasteiger partial charge >= 0.3 is 0 Å². The molecule has 1 N–H and O–H groups in total. The molecule has 0 atom stereocenters. The molecule has 2 heteroatoms. The number of dihydropyridines is 1. The molecular formula is C6H8IN. The minimum Gasteiger partial charge on any atom is -0.387 e. The summed E-state index contributed by atoms with van der Waals surface area (Å²) in [6.07, 6.45) is 4.06. The van der Waals surface area contributed by atoms with Crippen LogP contribution >= 0.6 is 22.6 Å². The van der Waals surface area contributed by atoms with Crippen LogP contribution in [0.15, 0.2) is 21.4 Å². The van der Waals surface area contributed by atoms with Gasteiger partial charge in [0.15, 0.2) is 0 Å². The van der Waals surface area contributed by atoms with E-state index in [0.29, 0.717) is 0 Å². The lowest BCUT2D eigenvalue weighted by Gasteiger charge is -2.07. The quantitative estimate of drug-likeness (QED) is 0.615. The van der Waals surface area contributed by atoms with Crippen molar-refractivity contribution in [1.82, 2.24) is 5.32 Å². The van der Waals surface area contributed by atoms with Gasteiger partial charge in [0.2, 0.25) is 0 Å². The van der Waals surface area contributed by atoms with Gasteiger partial charge in [-0.3, -0.25) is 0 Å². The van der Waals surface area contributed by atoms with Gasteiger partial charge in [-0.2, -0.15) is 0 Å².